The number of hydrogen-bond acceptors (Lipinski definition) is 2. The van der Waals surface area contributed by atoms with E-state index in [-0.39, 0.29) is 29.4 Å². The highest BCUT2D eigenvalue weighted by molar-refractivity contribution is 5.87. The fraction of sp³-hybridized carbons (Fsp3) is 0.263. The quantitative estimate of drug-likeness (QED) is 0.780. The van der Waals surface area contributed by atoms with Crippen LogP contribution in [-0.4, -0.2) is 23.1 Å². The molecule has 0 aliphatic heterocycles. The molecule has 1 aliphatic rings. The van der Waals surface area contributed by atoms with Crippen LogP contribution in [0.5, 0.6) is 0 Å². The Bertz CT molecular complexity index is 770. The number of carboxylic acids is 1. The van der Waals surface area contributed by atoms with E-state index in [0.717, 1.165) is 18.4 Å². The summed E-state index contributed by atoms with van der Waals surface area (Å²) in [7, 11) is 0. The second kappa shape index (κ2) is 7.34. The van der Waals surface area contributed by atoms with Crippen LogP contribution in [0.15, 0.2) is 48.5 Å². The van der Waals surface area contributed by atoms with Crippen LogP contribution in [0.4, 0.5) is 9.18 Å². The van der Waals surface area contributed by atoms with Crippen LogP contribution in [0.3, 0.4) is 0 Å². The van der Waals surface area contributed by atoms with Crippen LogP contribution in [0, 0.1) is 5.82 Å². The lowest BCUT2D eigenvalue weighted by molar-refractivity contribution is 0.0697. The summed E-state index contributed by atoms with van der Waals surface area (Å²) in [5, 5.41) is 14.5. The SMILES string of the molecule is O=C(NCc1ccc(C(=O)O)cc1)NC1CC(c2ccccc2F)C1. The fourth-order valence-corrected chi connectivity index (χ4v) is 2.98. The molecule has 1 aliphatic carbocycles. The first kappa shape index (κ1) is 17.0. The van der Waals surface area contributed by atoms with Gasteiger partial charge >= 0.3 is 12.0 Å². The van der Waals surface area contributed by atoms with Crippen molar-refractivity contribution in [3.63, 3.8) is 0 Å². The normalized spacial score (nSPS) is 18.9. The Labute approximate surface area is 144 Å². The van der Waals surface area contributed by atoms with Gasteiger partial charge in [0.05, 0.1) is 5.56 Å². The standard InChI is InChI=1S/C19H19FN2O3/c20-17-4-2-1-3-16(17)14-9-15(10-14)22-19(25)21-11-12-5-7-13(8-6-12)18(23)24/h1-8,14-15H,9-11H2,(H,23,24)(H2,21,22,25). The molecule has 2 aromatic rings. The third-order valence-corrected chi connectivity index (χ3v) is 4.47. The number of carbonyl (C=O) groups excluding carboxylic acids is 1. The fourth-order valence-electron chi connectivity index (χ4n) is 2.98. The Kier molecular flexibility index (Phi) is 4.97. The van der Waals surface area contributed by atoms with Crippen LogP contribution in [0.2, 0.25) is 0 Å². The maximum atomic E-state index is 13.7. The van der Waals surface area contributed by atoms with Crippen molar-refractivity contribution in [2.24, 2.45) is 0 Å². The van der Waals surface area contributed by atoms with Crippen molar-refractivity contribution in [1.29, 1.82) is 0 Å². The van der Waals surface area contributed by atoms with Crippen LogP contribution in [0.1, 0.15) is 40.2 Å². The zero-order valence-corrected chi connectivity index (χ0v) is 13.5. The van der Waals surface area contributed by atoms with E-state index >= 15 is 0 Å². The molecule has 25 heavy (non-hydrogen) atoms. The number of amides is 2. The first-order valence-corrected chi connectivity index (χ1v) is 8.14. The number of urea groups is 1. The van der Waals surface area contributed by atoms with Gasteiger partial charge in [-0.05, 0) is 48.1 Å². The highest BCUT2D eigenvalue weighted by atomic mass is 19.1. The lowest BCUT2D eigenvalue weighted by Gasteiger charge is -2.36. The summed E-state index contributed by atoms with van der Waals surface area (Å²) in [6.07, 6.45) is 1.45. The van der Waals surface area contributed by atoms with Crippen LogP contribution in [0.25, 0.3) is 0 Å². The predicted octanol–water partition coefficient (Wildman–Crippen LogP) is 3.27. The maximum Gasteiger partial charge on any atom is 0.335 e. The third kappa shape index (κ3) is 4.15. The maximum absolute atomic E-state index is 13.7. The summed E-state index contributed by atoms with van der Waals surface area (Å²) < 4.78 is 13.7. The van der Waals surface area contributed by atoms with Crippen molar-refractivity contribution in [3.8, 4) is 0 Å². The Hall–Kier alpha value is -2.89. The summed E-state index contributed by atoms with van der Waals surface area (Å²) in [4.78, 5) is 22.7. The minimum absolute atomic E-state index is 0.0407. The highest BCUT2D eigenvalue weighted by Gasteiger charge is 2.32. The summed E-state index contributed by atoms with van der Waals surface area (Å²) in [5.41, 5.74) is 1.74. The van der Waals surface area contributed by atoms with Crippen molar-refractivity contribution in [1.82, 2.24) is 10.6 Å². The Balaban J connectivity index is 1.42. The van der Waals surface area contributed by atoms with E-state index in [1.165, 1.54) is 18.2 Å². The molecule has 3 N–H and O–H groups in total. The molecule has 0 atom stereocenters. The number of benzene rings is 2. The summed E-state index contributed by atoms with van der Waals surface area (Å²) in [6, 6.07) is 12.8. The molecular weight excluding hydrogens is 323 g/mol. The minimum Gasteiger partial charge on any atom is -0.478 e. The first-order valence-electron chi connectivity index (χ1n) is 8.14. The van der Waals surface area contributed by atoms with Gasteiger partial charge in [-0.1, -0.05) is 30.3 Å². The van der Waals surface area contributed by atoms with Crippen molar-refractivity contribution in [2.45, 2.75) is 31.3 Å². The molecule has 3 rings (SSSR count). The number of carbonyl (C=O) groups is 2. The molecule has 2 amide bonds. The second-order valence-electron chi connectivity index (χ2n) is 6.22. The molecule has 0 bridgehead atoms. The molecule has 0 radical (unpaired) electrons. The van der Waals surface area contributed by atoms with Gasteiger partial charge in [-0.3, -0.25) is 0 Å². The van der Waals surface area contributed by atoms with E-state index < -0.39 is 5.97 Å². The van der Waals surface area contributed by atoms with E-state index in [1.807, 2.05) is 6.07 Å². The van der Waals surface area contributed by atoms with Crippen molar-refractivity contribution in [2.75, 3.05) is 0 Å². The van der Waals surface area contributed by atoms with Gasteiger partial charge in [-0.25, -0.2) is 14.0 Å². The summed E-state index contributed by atoms with van der Waals surface area (Å²) in [5.74, 6) is -1.03. The number of aromatic carboxylic acids is 1. The second-order valence-corrected chi connectivity index (χ2v) is 6.22. The van der Waals surface area contributed by atoms with Gasteiger partial charge in [-0.2, -0.15) is 0 Å². The van der Waals surface area contributed by atoms with Crippen LogP contribution >= 0.6 is 0 Å². The van der Waals surface area contributed by atoms with Gasteiger partial charge in [-0.15, -0.1) is 0 Å². The molecule has 0 aromatic heterocycles. The number of nitrogens with one attached hydrogen (secondary N) is 2. The molecule has 6 heteroatoms. The minimum atomic E-state index is -0.980. The molecule has 5 nitrogen and oxygen atoms in total. The summed E-state index contributed by atoms with van der Waals surface area (Å²) >= 11 is 0. The number of halogens is 1. The Morgan fingerprint density at radius 2 is 1.76 bits per heavy atom. The van der Waals surface area contributed by atoms with E-state index in [9.17, 15) is 14.0 Å². The molecule has 0 saturated heterocycles. The zero-order chi connectivity index (χ0) is 17.8. The number of carboxylic acid groups (broad SMARTS) is 1. The highest BCUT2D eigenvalue weighted by Crippen LogP contribution is 2.37. The predicted molar refractivity (Wildman–Crippen MR) is 90.9 cm³/mol. The first-order chi connectivity index (χ1) is 12.0. The van der Waals surface area contributed by atoms with E-state index in [2.05, 4.69) is 10.6 Å². The van der Waals surface area contributed by atoms with Crippen LogP contribution < -0.4 is 10.6 Å². The molecule has 1 fully saturated rings. The average Bonchev–Trinajstić information content (AvgIpc) is 2.57. The lowest BCUT2D eigenvalue weighted by Crippen LogP contribution is -2.47. The van der Waals surface area contributed by atoms with E-state index in [4.69, 9.17) is 5.11 Å². The molecule has 0 heterocycles. The molecule has 2 aromatic carbocycles. The van der Waals surface area contributed by atoms with Gasteiger partial charge < -0.3 is 15.7 Å². The molecule has 0 spiro atoms. The van der Waals surface area contributed by atoms with Gasteiger partial charge in [0.2, 0.25) is 0 Å². The third-order valence-electron chi connectivity index (χ3n) is 4.47. The van der Waals surface area contributed by atoms with Crippen molar-refractivity contribution in [3.05, 3.63) is 71.0 Å². The van der Waals surface area contributed by atoms with E-state index in [0.29, 0.717) is 12.1 Å². The molecular formula is C19H19FN2O3. The van der Waals surface area contributed by atoms with Crippen molar-refractivity contribution < 1.29 is 19.1 Å². The molecule has 0 unspecified atom stereocenters. The smallest absolute Gasteiger partial charge is 0.335 e. The largest absolute Gasteiger partial charge is 0.478 e. The van der Waals surface area contributed by atoms with Crippen LogP contribution in [-0.2, 0) is 6.54 Å². The number of hydrogen-bond donors (Lipinski definition) is 3. The average molecular weight is 342 g/mol. The molecule has 1 saturated carbocycles. The zero-order valence-electron chi connectivity index (χ0n) is 13.5. The number of rotatable bonds is 5. The molecule has 130 valence electrons. The Morgan fingerprint density at radius 1 is 1.08 bits per heavy atom. The topological polar surface area (TPSA) is 78.4 Å². The Morgan fingerprint density at radius 3 is 2.40 bits per heavy atom. The van der Waals surface area contributed by atoms with Gasteiger partial charge in [0.15, 0.2) is 0 Å². The summed E-state index contributed by atoms with van der Waals surface area (Å²) in [6.45, 7) is 0.315. The van der Waals surface area contributed by atoms with Gasteiger partial charge in [0.25, 0.3) is 0 Å². The van der Waals surface area contributed by atoms with E-state index in [1.54, 1.807) is 24.3 Å². The van der Waals surface area contributed by atoms with Crippen molar-refractivity contribution >= 4 is 12.0 Å². The lowest BCUT2D eigenvalue weighted by atomic mass is 9.76. The van der Waals surface area contributed by atoms with Gasteiger partial charge in [0.1, 0.15) is 5.82 Å². The van der Waals surface area contributed by atoms with Gasteiger partial charge in [0, 0.05) is 12.6 Å². The monoisotopic (exact) mass is 342 g/mol.